The van der Waals surface area contributed by atoms with Crippen LogP contribution < -0.4 is 4.74 Å². The summed E-state index contributed by atoms with van der Waals surface area (Å²) in [5, 5.41) is 10.5. The van der Waals surface area contributed by atoms with Gasteiger partial charge >= 0.3 is 5.97 Å². The molecular weight excluding hydrogens is 336 g/mol. The zero-order valence-corrected chi connectivity index (χ0v) is 15.7. The Balaban J connectivity index is 1.81. The lowest BCUT2D eigenvalue weighted by atomic mass is 9.89. The van der Waals surface area contributed by atoms with E-state index in [4.69, 9.17) is 4.74 Å². The van der Waals surface area contributed by atoms with Crippen molar-refractivity contribution in [3.63, 3.8) is 0 Å². The smallest absolute Gasteiger partial charge is 0.323 e. The molecule has 1 aliphatic heterocycles. The lowest BCUT2D eigenvalue weighted by molar-refractivity contribution is -0.133. The second kappa shape index (κ2) is 6.58. The van der Waals surface area contributed by atoms with Gasteiger partial charge < -0.3 is 9.84 Å². The second-order valence-corrected chi connectivity index (χ2v) is 7.37. The third-order valence-electron chi connectivity index (χ3n) is 5.13. The van der Waals surface area contributed by atoms with Gasteiger partial charge in [-0.2, -0.15) is 0 Å². The van der Waals surface area contributed by atoms with E-state index in [1.54, 1.807) is 0 Å². The van der Waals surface area contributed by atoms with Crippen LogP contribution in [-0.2, 0) is 11.2 Å². The molecule has 0 spiro atoms. The van der Waals surface area contributed by atoms with Gasteiger partial charge in [-0.1, -0.05) is 65.7 Å². The summed E-state index contributed by atoms with van der Waals surface area (Å²) in [6.07, 6.45) is 0.521. The van der Waals surface area contributed by atoms with Crippen molar-refractivity contribution >= 4 is 5.97 Å². The number of hydrogen-bond acceptors (Lipinski definition) is 3. The minimum Gasteiger partial charge on any atom is -0.507 e. The summed E-state index contributed by atoms with van der Waals surface area (Å²) >= 11 is 0. The SMILES string of the molecule is Cc1cc(C)c(O)c(Cc2cc(C)cc3c2OC(=O)C3c2ccccc2)c1. The molecule has 1 unspecified atom stereocenters. The van der Waals surface area contributed by atoms with Crippen molar-refractivity contribution in [3.8, 4) is 11.5 Å². The Kier molecular flexibility index (Phi) is 4.23. The number of ether oxygens (including phenoxy) is 1. The molecule has 0 radical (unpaired) electrons. The molecule has 3 heteroatoms. The molecule has 0 fully saturated rings. The van der Waals surface area contributed by atoms with E-state index in [-0.39, 0.29) is 5.97 Å². The maximum Gasteiger partial charge on any atom is 0.323 e. The van der Waals surface area contributed by atoms with Gasteiger partial charge in [0.15, 0.2) is 0 Å². The van der Waals surface area contributed by atoms with E-state index in [0.29, 0.717) is 17.9 Å². The first-order chi connectivity index (χ1) is 12.9. The maximum absolute atomic E-state index is 12.7. The van der Waals surface area contributed by atoms with Crippen LogP contribution >= 0.6 is 0 Å². The highest BCUT2D eigenvalue weighted by atomic mass is 16.5. The lowest BCUT2D eigenvalue weighted by Crippen LogP contribution is -2.11. The van der Waals surface area contributed by atoms with E-state index in [2.05, 4.69) is 0 Å². The van der Waals surface area contributed by atoms with Crippen LogP contribution in [0.2, 0.25) is 0 Å². The van der Waals surface area contributed by atoms with Crippen LogP contribution in [0.4, 0.5) is 0 Å². The molecule has 0 bridgehead atoms. The predicted octanol–water partition coefficient (Wildman–Crippen LogP) is 4.96. The van der Waals surface area contributed by atoms with E-state index < -0.39 is 5.92 Å². The Morgan fingerprint density at radius 1 is 0.926 bits per heavy atom. The van der Waals surface area contributed by atoms with Crippen molar-refractivity contribution in [1.82, 2.24) is 0 Å². The normalized spacial score (nSPS) is 15.5. The van der Waals surface area contributed by atoms with Crippen molar-refractivity contribution in [2.24, 2.45) is 0 Å². The average molecular weight is 358 g/mol. The molecule has 1 N–H and O–H groups in total. The van der Waals surface area contributed by atoms with Crippen LogP contribution in [0, 0.1) is 20.8 Å². The van der Waals surface area contributed by atoms with Gasteiger partial charge in [0.2, 0.25) is 0 Å². The minimum absolute atomic E-state index is 0.243. The zero-order chi connectivity index (χ0) is 19.1. The number of phenolic OH excluding ortho intramolecular Hbond substituents is 1. The number of hydrogen-bond donors (Lipinski definition) is 1. The Morgan fingerprint density at radius 3 is 2.33 bits per heavy atom. The molecule has 3 nitrogen and oxygen atoms in total. The van der Waals surface area contributed by atoms with Gasteiger partial charge in [0.05, 0.1) is 0 Å². The minimum atomic E-state index is -0.396. The molecule has 27 heavy (non-hydrogen) atoms. The molecule has 1 aliphatic rings. The Bertz CT molecular complexity index is 1040. The van der Waals surface area contributed by atoms with Crippen molar-refractivity contribution < 1.29 is 14.6 Å². The van der Waals surface area contributed by atoms with E-state index in [0.717, 1.165) is 38.9 Å². The number of carbonyl (C=O) groups excluding carboxylic acids is 1. The van der Waals surface area contributed by atoms with Crippen LogP contribution in [0.3, 0.4) is 0 Å². The Labute approximate surface area is 159 Å². The monoisotopic (exact) mass is 358 g/mol. The van der Waals surface area contributed by atoms with Crippen molar-refractivity contribution in [2.75, 3.05) is 0 Å². The summed E-state index contributed by atoms with van der Waals surface area (Å²) in [5.74, 6) is 0.304. The Morgan fingerprint density at radius 2 is 1.59 bits per heavy atom. The van der Waals surface area contributed by atoms with Crippen LogP contribution in [0.25, 0.3) is 0 Å². The first kappa shape index (κ1) is 17.3. The van der Waals surface area contributed by atoms with Gasteiger partial charge in [0.25, 0.3) is 0 Å². The van der Waals surface area contributed by atoms with Gasteiger partial charge in [0, 0.05) is 17.5 Å². The van der Waals surface area contributed by atoms with Crippen LogP contribution in [0.5, 0.6) is 11.5 Å². The van der Waals surface area contributed by atoms with E-state index in [9.17, 15) is 9.90 Å². The first-order valence-electron chi connectivity index (χ1n) is 9.13. The van der Waals surface area contributed by atoms with Crippen molar-refractivity contribution in [2.45, 2.75) is 33.1 Å². The van der Waals surface area contributed by atoms with Crippen LogP contribution in [0.1, 0.15) is 44.9 Å². The molecule has 1 atom stereocenters. The molecule has 1 heterocycles. The fraction of sp³-hybridized carbons (Fsp3) is 0.208. The maximum atomic E-state index is 12.7. The van der Waals surface area contributed by atoms with E-state index >= 15 is 0 Å². The highest BCUT2D eigenvalue weighted by molar-refractivity contribution is 5.90. The summed E-state index contributed by atoms with van der Waals surface area (Å²) in [7, 11) is 0. The molecule has 3 aromatic rings. The summed E-state index contributed by atoms with van der Waals surface area (Å²) < 4.78 is 5.71. The summed E-state index contributed by atoms with van der Waals surface area (Å²) in [6.45, 7) is 5.94. The topological polar surface area (TPSA) is 46.5 Å². The second-order valence-electron chi connectivity index (χ2n) is 7.37. The number of benzene rings is 3. The summed E-state index contributed by atoms with van der Waals surface area (Å²) in [6, 6.07) is 17.7. The van der Waals surface area contributed by atoms with Crippen molar-refractivity contribution in [1.29, 1.82) is 0 Å². The average Bonchev–Trinajstić information content (AvgIpc) is 2.96. The fourth-order valence-corrected chi connectivity index (χ4v) is 3.98. The number of aromatic hydroxyl groups is 1. The van der Waals surface area contributed by atoms with E-state index in [1.807, 2.05) is 75.4 Å². The fourth-order valence-electron chi connectivity index (χ4n) is 3.98. The summed E-state index contributed by atoms with van der Waals surface area (Å²) in [5.41, 5.74) is 6.65. The largest absolute Gasteiger partial charge is 0.507 e. The number of rotatable bonds is 3. The zero-order valence-electron chi connectivity index (χ0n) is 15.7. The number of fused-ring (bicyclic) bond motifs is 1. The molecular formula is C24H22O3. The predicted molar refractivity (Wildman–Crippen MR) is 105 cm³/mol. The number of carbonyl (C=O) groups is 1. The van der Waals surface area contributed by atoms with Crippen LogP contribution in [-0.4, -0.2) is 11.1 Å². The highest BCUT2D eigenvalue weighted by Gasteiger charge is 2.36. The molecule has 3 aromatic carbocycles. The van der Waals surface area contributed by atoms with Gasteiger partial charge in [-0.15, -0.1) is 0 Å². The number of aryl methyl sites for hydroxylation is 3. The first-order valence-corrected chi connectivity index (χ1v) is 9.13. The standard InChI is InChI=1S/C24H22O3/c1-14-9-16(3)22(25)18(10-14)13-19-11-15(2)12-20-21(24(26)27-23(19)20)17-7-5-4-6-8-17/h4-12,21,25H,13H2,1-3H3. The third-order valence-corrected chi connectivity index (χ3v) is 5.13. The molecule has 0 saturated heterocycles. The molecule has 0 saturated carbocycles. The summed E-state index contributed by atoms with van der Waals surface area (Å²) in [4.78, 5) is 12.7. The third kappa shape index (κ3) is 3.10. The Hall–Kier alpha value is -3.07. The molecule has 0 amide bonds. The molecule has 4 rings (SSSR count). The highest BCUT2D eigenvalue weighted by Crippen LogP contribution is 2.43. The van der Waals surface area contributed by atoms with Gasteiger partial charge in [-0.3, -0.25) is 4.79 Å². The van der Waals surface area contributed by atoms with Gasteiger partial charge in [-0.05, 0) is 37.5 Å². The molecule has 0 aromatic heterocycles. The lowest BCUT2D eigenvalue weighted by Gasteiger charge is -2.13. The quantitative estimate of drug-likeness (QED) is 0.532. The number of phenols is 1. The van der Waals surface area contributed by atoms with Crippen molar-refractivity contribution in [3.05, 3.63) is 93.5 Å². The molecule has 0 aliphatic carbocycles. The van der Waals surface area contributed by atoms with Crippen LogP contribution in [0.15, 0.2) is 54.6 Å². The van der Waals surface area contributed by atoms with Gasteiger partial charge in [-0.25, -0.2) is 0 Å². The van der Waals surface area contributed by atoms with Gasteiger partial charge in [0.1, 0.15) is 17.4 Å². The molecule has 136 valence electrons. The van der Waals surface area contributed by atoms with E-state index in [1.165, 1.54) is 0 Å². The number of esters is 1.